The molecule has 2 atom stereocenters. The molecule has 1 spiro atoms. The van der Waals surface area contributed by atoms with Crippen LogP contribution in [0.1, 0.15) is 29.7 Å². The zero-order valence-corrected chi connectivity index (χ0v) is 15.0. The maximum atomic E-state index is 12.6. The molecular formula is C21H24N2O3. The molecule has 4 rings (SSSR count). The Labute approximate surface area is 153 Å². The average molecular weight is 352 g/mol. The highest BCUT2D eigenvalue weighted by molar-refractivity contribution is 5.84. The summed E-state index contributed by atoms with van der Waals surface area (Å²) >= 11 is 0. The lowest BCUT2D eigenvalue weighted by Crippen LogP contribution is -2.32. The van der Waals surface area contributed by atoms with Crippen molar-refractivity contribution in [1.82, 2.24) is 10.2 Å². The lowest BCUT2D eigenvalue weighted by molar-refractivity contribution is -0.130. The molecule has 5 nitrogen and oxygen atoms in total. The van der Waals surface area contributed by atoms with Gasteiger partial charge in [0.15, 0.2) is 0 Å². The van der Waals surface area contributed by atoms with Gasteiger partial charge in [-0.1, -0.05) is 29.8 Å². The van der Waals surface area contributed by atoms with Crippen molar-refractivity contribution >= 4 is 11.8 Å². The van der Waals surface area contributed by atoms with Crippen molar-refractivity contribution in [3.05, 3.63) is 59.5 Å². The molecule has 1 aliphatic carbocycles. The van der Waals surface area contributed by atoms with Gasteiger partial charge in [0, 0.05) is 24.4 Å². The van der Waals surface area contributed by atoms with Gasteiger partial charge in [-0.2, -0.15) is 0 Å². The number of likely N-dealkylation sites (tertiary alicyclic amines) is 1. The van der Waals surface area contributed by atoms with E-state index in [4.69, 9.17) is 4.42 Å². The third-order valence-corrected chi connectivity index (χ3v) is 5.74. The summed E-state index contributed by atoms with van der Waals surface area (Å²) in [6.07, 6.45) is 3.84. The summed E-state index contributed by atoms with van der Waals surface area (Å²) in [6.45, 7) is 3.93. The Hall–Kier alpha value is -2.56. The molecule has 1 saturated heterocycles. The topological polar surface area (TPSA) is 62.6 Å². The Morgan fingerprint density at radius 2 is 2.08 bits per heavy atom. The van der Waals surface area contributed by atoms with Crippen molar-refractivity contribution in [2.45, 2.75) is 32.7 Å². The largest absolute Gasteiger partial charge is 0.467 e. The number of hydrogen-bond donors (Lipinski definition) is 1. The lowest BCUT2D eigenvalue weighted by atomic mass is 10.0. The SMILES string of the molecule is Cc1ccc(CC(=O)N2CC[C@@]3(C[C@H]3C(=O)NCc3ccco3)C2)cc1. The number of nitrogens with zero attached hydrogens (tertiary/aromatic N) is 1. The van der Waals surface area contributed by atoms with E-state index < -0.39 is 0 Å². The minimum atomic E-state index is -0.00379. The van der Waals surface area contributed by atoms with E-state index in [0.717, 1.165) is 30.7 Å². The highest BCUT2D eigenvalue weighted by Crippen LogP contribution is 2.58. The van der Waals surface area contributed by atoms with Gasteiger partial charge in [0.2, 0.25) is 11.8 Å². The van der Waals surface area contributed by atoms with Crippen molar-refractivity contribution in [3.8, 4) is 0 Å². The van der Waals surface area contributed by atoms with Gasteiger partial charge in [-0.3, -0.25) is 9.59 Å². The Kier molecular flexibility index (Phi) is 4.31. The standard InChI is InChI=1S/C21H24N2O3/c1-15-4-6-16(7-5-15)11-19(24)23-9-8-21(14-23)12-18(21)20(25)22-13-17-3-2-10-26-17/h2-7,10,18H,8-9,11-14H2,1H3,(H,22,25)/t18-,21+/m0/s1. The zero-order chi connectivity index (χ0) is 18.1. The number of rotatable bonds is 5. The number of amides is 2. The Morgan fingerprint density at radius 1 is 1.27 bits per heavy atom. The molecule has 1 N–H and O–H groups in total. The highest BCUT2D eigenvalue weighted by Gasteiger charge is 2.61. The second-order valence-corrected chi connectivity index (χ2v) is 7.64. The average Bonchev–Trinajstić information content (AvgIpc) is 2.99. The van der Waals surface area contributed by atoms with Crippen LogP contribution in [0.3, 0.4) is 0 Å². The van der Waals surface area contributed by atoms with Crippen LogP contribution in [-0.2, 0) is 22.6 Å². The molecule has 0 unspecified atom stereocenters. The summed E-state index contributed by atoms with van der Waals surface area (Å²) in [5, 5.41) is 2.95. The predicted molar refractivity (Wildman–Crippen MR) is 97.2 cm³/mol. The molecule has 1 saturated carbocycles. The van der Waals surface area contributed by atoms with E-state index >= 15 is 0 Å². The molecule has 1 aromatic carbocycles. The van der Waals surface area contributed by atoms with Gasteiger partial charge < -0.3 is 14.6 Å². The molecule has 26 heavy (non-hydrogen) atoms. The fourth-order valence-electron chi connectivity index (χ4n) is 3.98. The normalized spacial score (nSPS) is 24.0. The number of hydrogen-bond acceptors (Lipinski definition) is 3. The van der Waals surface area contributed by atoms with Gasteiger partial charge in [0.25, 0.3) is 0 Å². The summed E-state index contributed by atoms with van der Waals surface area (Å²) in [5.74, 6) is 1.02. The van der Waals surface area contributed by atoms with E-state index in [0.29, 0.717) is 19.5 Å². The van der Waals surface area contributed by atoms with Crippen LogP contribution in [0.25, 0.3) is 0 Å². The molecule has 1 aliphatic heterocycles. The minimum Gasteiger partial charge on any atom is -0.467 e. The van der Waals surface area contributed by atoms with Crippen molar-refractivity contribution in [3.63, 3.8) is 0 Å². The van der Waals surface area contributed by atoms with Gasteiger partial charge in [0.05, 0.1) is 19.2 Å². The molecule has 2 amide bonds. The Balaban J connectivity index is 1.29. The molecule has 2 aliphatic rings. The summed E-state index contributed by atoms with van der Waals surface area (Å²) in [4.78, 5) is 26.9. The maximum absolute atomic E-state index is 12.6. The summed E-state index contributed by atoms with van der Waals surface area (Å²) in [6, 6.07) is 11.8. The van der Waals surface area contributed by atoms with Crippen molar-refractivity contribution in [2.75, 3.05) is 13.1 Å². The van der Waals surface area contributed by atoms with Gasteiger partial charge in [0.1, 0.15) is 5.76 Å². The Morgan fingerprint density at radius 3 is 2.81 bits per heavy atom. The summed E-state index contributed by atoms with van der Waals surface area (Å²) in [5.41, 5.74) is 2.24. The third-order valence-electron chi connectivity index (χ3n) is 5.74. The molecule has 0 bridgehead atoms. The van der Waals surface area contributed by atoms with Gasteiger partial charge >= 0.3 is 0 Å². The lowest BCUT2D eigenvalue weighted by Gasteiger charge is -2.17. The van der Waals surface area contributed by atoms with E-state index in [-0.39, 0.29) is 23.1 Å². The molecule has 2 aromatic rings. The van der Waals surface area contributed by atoms with Crippen molar-refractivity contribution in [2.24, 2.45) is 11.3 Å². The van der Waals surface area contributed by atoms with Crippen LogP contribution in [0, 0.1) is 18.3 Å². The first-order valence-electron chi connectivity index (χ1n) is 9.19. The van der Waals surface area contributed by atoms with Crippen LogP contribution in [0.5, 0.6) is 0 Å². The van der Waals surface area contributed by atoms with E-state index in [1.807, 2.05) is 48.2 Å². The third kappa shape index (κ3) is 3.39. The first-order chi connectivity index (χ1) is 12.6. The molecule has 2 fully saturated rings. The van der Waals surface area contributed by atoms with Crippen LogP contribution >= 0.6 is 0 Å². The fourth-order valence-corrected chi connectivity index (χ4v) is 3.98. The summed E-state index contributed by atoms with van der Waals surface area (Å²) in [7, 11) is 0. The van der Waals surface area contributed by atoms with Gasteiger partial charge in [-0.15, -0.1) is 0 Å². The minimum absolute atomic E-state index is 0.00379. The maximum Gasteiger partial charge on any atom is 0.227 e. The summed E-state index contributed by atoms with van der Waals surface area (Å²) < 4.78 is 5.25. The van der Waals surface area contributed by atoms with Crippen LogP contribution in [0.4, 0.5) is 0 Å². The molecule has 1 aromatic heterocycles. The monoisotopic (exact) mass is 352 g/mol. The van der Waals surface area contributed by atoms with E-state index in [1.54, 1.807) is 6.26 Å². The number of carbonyl (C=O) groups excluding carboxylic acids is 2. The molecular weight excluding hydrogens is 328 g/mol. The van der Waals surface area contributed by atoms with Crippen molar-refractivity contribution in [1.29, 1.82) is 0 Å². The molecule has 0 radical (unpaired) electrons. The quantitative estimate of drug-likeness (QED) is 0.900. The number of furan rings is 1. The number of nitrogens with one attached hydrogen (secondary N) is 1. The van der Waals surface area contributed by atoms with E-state index in [1.165, 1.54) is 5.56 Å². The second kappa shape index (κ2) is 6.63. The first-order valence-corrected chi connectivity index (χ1v) is 9.19. The van der Waals surface area contributed by atoms with Crippen LogP contribution < -0.4 is 5.32 Å². The van der Waals surface area contributed by atoms with Gasteiger partial charge in [-0.25, -0.2) is 0 Å². The number of aryl methyl sites for hydroxylation is 1. The number of carbonyl (C=O) groups is 2. The zero-order valence-electron chi connectivity index (χ0n) is 15.0. The van der Waals surface area contributed by atoms with Crippen LogP contribution in [0.2, 0.25) is 0 Å². The van der Waals surface area contributed by atoms with E-state index in [2.05, 4.69) is 5.32 Å². The molecule has 2 heterocycles. The smallest absolute Gasteiger partial charge is 0.227 e. The molecule has 5 heteroatoms. The van der Waals surface area contributed by atoms with Crippen LogP contribution in [-0.4, -0.2) is 29.8 Å². The van der Waals surface area contributed by atoms with Gasteiger partial charge in [-0.05, 0) is 37.5 Å². The first kappa shape index (κ1) is 16.9. The Bertz CT molecular complexity index is 797. The number of benzene rings is 1. The highest BCUT2D eigenvalue weighted by atomic mass is 16.3. The predicted octanol–water partition coefficient (Wildman–Crippen LogP) is 2.69. The van der Waals surface area contributed by atoms with Crippen LogP contribution in [0.15, 0.2) is 47.1 Å². The van der Waals surface area contributed by atoms with E-state index in [9.17, 15) is 9.59 Å². The fraction of sp³-hybridized carbons (Fsp3) is 0.429. The second-order valence-electron chi connectivity index (χ2n) is 7.64. The van der Waals surface area contributed by atoms with Crippen molar-refractivity contribution < 1.29 is 14.0 Å². The molecule has 136 valence electrons.